The fourth-order valence-corrected chi connectivity index (χ4v) is 3.71. The van der Waals surface area contributed by atoms with Gasteiger partial charge in [-0.25, -0.2) is 0 Å². The minimum absolute atomic E-state index is 0. The highest BCUT2D eigenvalue weighted by molar-refractivity contribution is 14.0. The van der Waals surface area contributed by atoms with E-state index in [9.17, 15) is 9.90 Å². The number of rotatable bonds is 4. The lowest BCUT2D eigenvalue weighted by molar-refractivity contribution is -0.155. The average molecular weight is 417 g/mol. The molecule has 2 fully saturated rings. The molecule has 0 saturated carbocycles. The summed E-state index contributed by atoms with van der Waals surface area (Å²) in [5.74, 6) is -0.860. The van der Waals surface area contributed by atoms with Gasteiger partial charge in [-0.3, -0.25) is 4.79 Å². The van der Waals surface area contributed by atoms with Crippen LogP contribution in [-0.4, -0.2) is 47.8 Å². The number of carbonyl (C=O) groups excluding carboxylic acids is 1. The zero-order chi connectivity index (χ0) is 14.8. The zero-order valence-electron chi connectivity index (χ0n) is 12.9. The standard InChI is InChI=1S/C17H23NO3.HI/c1-18-13-7-8-14(18)10-15(9-13)21-17(20)16(11-19)12-5-3-2-4-6-12;/h2-6,13-16,19H,7-11H2,1H3;1H/t13-,14+,15?,16?;. The zero-order valence-corrected chi connectivity index (χ0v) is 15.2. The summed E-state index contributed by atoms with van der Waals surface area (Å²) in [6.45, 7) is -0.206. The predicted molar refractivity (Wildman–Crippen MR) is 95.4 cm³/mol. The number of hydrogen-bond acceptors (Lipinski definition) is 4. The second kappa shape index (κ2) is 7.75. The van der Waals surface area contributed by atoms with Crippen LogP contribution in [0, 0.1) is 0 Å². The highest BCUT2D eigenvalue weighted by atomic mass is 127. The minimum Gasteiger partial charge on any atom is -0.462 e. The largest absolute Gasteiger partial charge is 0.462 e. The van der Waals surface area contributed by atoms with Crippen molar-refractivity contribution < 1.29 is 14.6 Å². The highest BCUT2D eigenvalue weighted by Gasteiger charge is 2.40. The Balaban J connectivity index is 0.00000176. The van der Waals surface area contributed by atoms with Gasteiger partial charge in [0.25, 0.3) is 0 Å². The van der Waals surface area contributed by atoms with E-state index in [1.165, 1.54) is 12.8 Å². The Bertz CT molecular complexity index is 482. The molecule has 0 aliphatic carbocycles. The second-order valence-corrected chi connectivity index (χ2v) is 6.23. The average Bonchev–Trinajstić information content (AvgIpc) is 2.72. The molecule has 0 radical (unpaired) electrons. The van der Waals surface area contributed by atoms with Gasteiger partial charge in [-0.05, 0) is 38.3 Å². The number of ether oxygens (including phenoxy) is 1. The van der Waals surface area contributed by atoms with Gasteiger partial charge >= 0.3 is 5.97 Å². The Morgan fingerprint density at radius 2 is 1.86 bits per heavy atom. The highest BCUT2D eigenvalue weighted by Crippen LogP contribution is 2.36. The first-order chi connectivity index (χ1) is 10.2. The Kier molecular flexibility index (Phi) is 6.23. The van der Waals surface area contributed by atoms with Crippen LogP contribution in [0.4, 0.5) is 0 Å². The number of piperidine rings is 1. The van der Waals surface area contributed by atoms with E-state index < -0.39 is 5.92 Å². The Morgan fingerprint density at radius 1 is 1.27 bits per heavy atom. The molecule has 122 valence electrons. The molecule has 0 amide bonds. The summed E-state index contributed by atoms with van der Waals surface area (Å²) >= 11 is 0. The van der Waals surface area contributed by atoms with Crippen LogP contribution in [0.15, 0.2) is 30.3 Å². The molecule has 4 nitrogen and oxygen atoms in total. The van der Waals surface area contributed by atoms with Gasteiger partial charge in [0.15, 0.2) is 0 Å². The van der Waals surface area contributed by atoms with Crippen LogP contribution in [0.2, 0.25) is 0 Å². The molecular weight excluding hydrogens is 393 g/mol. The molecule has 0 spiro atoms. The molecule has 1 aromatic carbocycles. The third kappa shape index (κ3) is 3.63. The lowest BCUT2D eigenvalue weighted by atomic mass is 9.98. The van der Waals surface area contributed by atoms with Crippen LogP contribution >= 0.6 is 24.0 Å². The first kappa shape index (κ1) is 17.7. The van der Waals surface area contributed by atoms with Crippen molar-refractivity contribution in [1.29, 1.82) is 0 Å². The van der Waals surface area contributed by atoms with Crippen molar-refractivity contribution in [3.63, 3.8) is 0 Å². The van der Waals surface area contributed by atoms with Gasteiger partial charge in [-0.15, -0.1) is 24.0 Å². The van der Waals surface area contributed by atoms with Crippen LogP contribution in [0.25, 0.3) is 0 Å². The van der Waals surface area contributed by atoms with Crippen molar-refractivity contribution in [1.82, 2.24) is 4.90 Å². The molecule has 2 bridgehead atoms. The Morgan fingerprint density at radius 3 is 2.41 bits per heavy atom. The summed E-state index contributed by atoms with van der Waals surface area (Å²) in [4.78, 5) is 14.8. The number of halogens is 1. The van der Waals surface area contributed by atoms with E-state index in [0.29, 0.717) is 12.1 Å². The first-order valence-corrected chi connectivity index (χ1v) is 7.77. The Hall–Kier alpha value is -0.660. The van der Waals surface area contributed by atoms with Gasteiger partial charge in [0.05, 0.1) is 6.61 Å². The Labute approximate surface area is 148 Å². The lowest BCUT2D eigenvalue weighted by Crippen LogP contribution is -2.43. The summed E-state index contributed by atoms with van der Waals surface area (Å²) < 4.78 is 5.70. The van der Waals surface area contributed by atoms with Crippen LogP contribution in [0.1, 0.15) is 37.2 Å². The van der Waals surface area contributed by atoms with E-state index in [2.05, 4.69) is 11.9 Å². The smallest absolute Gasteiger partial charge is 0.316 e. The fraction of sp³-hybridized carbons (Fsp3) is 0.588. The van der Waals surface area contributed by atoms with E-state index in [4.69, 9.17) is 4.74 Å². The minimum atomic E-state index is -0.566. The second-order valence-electron chi connectivity index (χ2n) is 6.23. The van der Waals surface area contributed by atoms with Crippen molar-refractivity contribution in [2.24, 2.45) is 0 Å². The number of aliphatic hydroxyl groups excluding tert-OH is 1. The summed E-state index contributed by atoms with van der Waals surface area (Å²) in [6.07, 6.45) is 4.26. The number of esters is 1. The molecule has 3 rings (SSSR count). The molecule has 0 aromatic heterocycles. The van der Waals surface area contributed by atoms with E-state index in [0.717, 1.165) is 18.4 Å². The molecule has 2 heterocycles. The predicted octanol–water partition coefficient (Wildman–Crippen LogP) is 2.55. The van der Waals surface area contributed by atoms with E-state index in [1.54, 1.807) is 0 Å². The molecule has 2 aliphatic rings. The molecule has 2 unspecified atom stereocenters. The molecule has 4 atom stereocenters. The number of hydrogen-bond donors (Lipinski definition) is 1. The molecular formula is C17H24INO3. The number of fused-ring (bicyclic) bond motifs is 2. The van der Waals surface area contributed by atoms with Gasteiger partial charge in [0, 0.05) is 12.1 Å². The molecule has 2 aliphatic heterocycles. The molecule has 1 N–H and O–H groups in total. The van der Waals surface area contributed by atoms with Crippen molar-refractivity contribution in [3.8, 4) is 0 Å². The van der Waals surface area contributed by atoms with E-state index in [-0.39, 0.29) is 42.7 Å². The van der Waals surface area contributed by atoms with Crippen LogP contribution in [-0.2, 0) is 9.53 Å². The summed E-state index contributed by atoms with van der Waals surface area (Å²) in [5.41, 5.74) is 0.820. The molecule has 5 heteroatoms. The maximum atomic E-state index is 12.4. The fourth-order valence-electron chi connectivity index (χ4n) is 3.71. The SMILES string of the molecule is CN1[C@@H]2CC[C@H]1CC(OC(=O)C(CO)c1ccccc1)C2.I. The molecule has 22 heavy (non-hydrogen) atoms. The topological polar surface area (TPSA) is 49.8 Å². The normalized spacial score (nSPS) is 28.7. The van der Waals surface area contributed by atoms with Crippen LogP contribution < -0.4 is 0 Å². The van der Waals surface area contributed by atoms with Crippen molar-refractivity contribution in [2.75, 3.05) is 13.7 Å². The monoisotopic (exact) mass is 417 g/mol. The maximum Gasteiger partial charge on any atom is 0.316 e. The molecule has 1 aromatic rings. The van der Waals surface area contributed by atoms with Gasteiger partial charge in [0.2, 0.25) is 0 Å². The van der Waals surface area contributed by atoms with Crippen LogP contribution in [0.3, 0.4) is 0 Å². The first-order valence-electron chi connectivity index (χ1n) is 7.77. The van der Waals surface area contributed by atoms with E-state index in [1.807, 2.05) is 30.3 Å². The van der Waals surface area contributed by atoms with Gasteiger partial charge in [-0.2, -0.15) is 0 Å². The van der Waals surface area contributed by atoms with Crippen molar-refractivity contribution in [3.05, 3.63) is 35.9 Å². The summed E-state index contributed by atoms with van der Waals surface area (Å²) in [7, 11) is 2.17. The number of aliphatic hydroxyl groups is 1. The van der Waals surface area contributed by atoms with Crippen molar-refractivity contribution in [2.45, 2.75) is 49.8 Å². The van der Waals surface area contributed by atoms with Gasteiger partial charge in [0.1, 0.15) is 12.0 Å². The van der Waals surface area contributed by atoms with Gasteiger partial charge in [-0.1, -0.05) is 30.3 Å². The number of nitrogens with zero attached hydrogens (tertiary/aromatic N) is 1. The lowest BCUT2D eigenvalue weighted by Gasteiger charge is -2.36. The van der Waals surface area contributed by atoms with E-state index >= 15 is 0 Å². The molecule has 2 saturated heterocycles. The maximum absolute atomic E-state index is 12.4. The third-order valence-electron chi connectivity index (χ3n) is 5.01. The summed E-state index contributed by atoms with van der Waals surface area (Å²) in [5, 5.41) is 9.53. The van der Waals surface area contributed by atoms with Gasteiger partial charge < -0.3 is 14.7 Å². The number of carbonyl (C=O) groups is 1. The van der Waals surface area contributed by atoms with Crippen LogP contribution in [0.5, 0.6) is 0 Å². The third-order valence-corrected chi connectivity index (χ3v) is 5.01. The quantitative estimate of drug-likeness (QED) is 0.605. The number of benzene rings is 1. The summed E-state index contributed by atoms with van der Waals surface area (Å²) in [6, 6.07) is 10.5. The van der Waals surface area contributed by atoms with Crippen molar-refractivity contribution >= 4 is 29.9 Å².